The van der Waals surface area contributed by atoms with Crippen LogP contribution in [0.1, 0.15) is 11.4 Å². The lowest BCUT2D eigenvalue weighted by Gasteiger charge is -2.12. The quantitative estimate of drug-likeness (QED) is 0.618. The van der Waals surface area contributed by atoms with Crippen LogP contribution in [0.25, 0.3) is 16.7 Å². The number of rotatable bonds is 2. The zero-order valence-corrected chi connectivity index (χ0v) is 12.2. The van der Waals surface area contributed by atoms with Gasteiger partial charge >= 0.3 is 0 Å². The fourth-order valence-electron chi connectivity index (χ4n) is 2.30. The summed E-state index contributed by atoms with van der Waals surface area (Å²) in [7, 11) is 0. The second kappa shape index (κ2) is 5.08. The molecule has 1 aromatic heterocycles. The normalized spacial score (nSPS) is 11.2. The van der Waals surface area contributed by atoms with Crippen LogP contribution in [0.3, 0.4) is 0 Å². The van der Waals surface area contributed by atoms with E-state index in [1.165, 1.54) is 12.1 Å². The molecular weight excluding hydrogens is 298 g/mol. The van der Waals surface area contributed by atoms with Crippen molar-refractivity contribution in [1.29, 1.82) is 0 Å². The van der Waals surface area contributed by atoms with Gasteiger partial charge in [-0.05, 0) is 36.8 Å². The molecule has 3 aromatic rings. The molecule has 2 nitrogen and oxygen atoms in total. The summed E-state index contributed by atoms with van der Waals surface area (Å²) in [6, 6.07) is 10.1. The largest absolute Gasteiger partial charge is 0.295 e. The van der Waals surface area contributed by atoms with Gasteiger partial charge in [0.2, 0.25) is 0 Å². The van der Waals surface area contributed by atoms with E-state index < -0.39 is 0 Å². The monoisotopic (exact) mass is 308 g/mol. The third-order valence-electron chi connectivity index (χ3n) is 3.29. The summed E-state index contributed by atoms with van der Waals surface area (Å²) in [5.74, 6) is 0.597. The summed E-state index contributed by atoms with van der Waals surface area (Å²) in [6.45, 7) is 1.92. The average molecular weight is 309 g/mol. The van der Waals surface area contributed by atoms with Crippen molar-refractivity contribution in [2.45, 2.75) is 12.8 Å². The summed E-state index contributed by atoms with van der Waals surface area (Å²) in [5, 5.41) is 0.654. The molecule has 0 saturated heterocycles. The molecule has 5 heteroatoms. The Morgan fingerprint density at radius 1 is 1.25 bits per heavy atom. The van der Waals surface area contributed by atoms with Gasteiger partial charge in [-0.2, -0.15) is 0 Å². The highest BCUT2D eigenvalue weighted by molar-refractivity contribution is 6.31. The highest BCUT2D eigenvalue weighted by Crippen LogP contribution is 2.28. The Morgan fingerprint density at radius 3 is 2.80 bits per heavy atom. The Balaban J connectivity index is 2.39. The van der Waals surface area contributed by atoms with Gasteiger partial charge in [0.15, 0.2) is 0 Å². The Bertz CT molecular complexity index is 796. The van der Waals surface area contributed by atoms with Crippen LogP contribution in [-0.4, -0.2) is 9.55 Å². The molecule has 0 spiro atoms. The fourth-order valence-corrected chi connectivity index (χ4v) is 2.64. The molecule has 0 aliphatic carbocycles. The van der Waals surface area contributed by atoms with Crippen molar-refractivity contribution in [3.8, 4) is 5.69 Å². The molecule has 0 saturated carbocycles. The van der Waals surface area contributed by atoms with Gasteiger partial charge in [0.25, 0.3) is 0 Å². The molecule has 0 amide bonds. The van der Waals surface area contributed by atoms with Crippen LogP contribution in [0, 0.1) is 12.7 Å². The maximum Gasteiger partial charge on any atom is 0.129 e. The minimum Gasteiger partial charge on any atom is -0.295 e. The molecule has 102 valence electrons. The van der Waals surface area contributed by atoms with E-state index >= 15 is 0 Å². The summed E-state index contributed by atoms with van der Waals surface area (Å²) >= 11 is 12.1. The number of aromatic nitrogens is 2. The van der Waals surface area contributed by atoms with Gasteiger partial charge in [0.05, 0.1) is 22.6 Å². The van der Waals surface area contributed by atoms with E-state index in [0.717, 1.165) is 11.3 Å². The van der Waals surface area contributed by atoms with E-state index in [4.69, 9.17) is 23.2 Å². The summed E-state index contributed by atoms with van der Waals surface area (Å²) in [4.78, 5) is 4.44. The van der Waals surface area contributed by atoms with Crippen molar-refractivity contribution in [2.75, 3.05) is 0 Å². The van der Waals surface area contributed by atoms with E-state index in [-0.39, 0.29) is 11.7 Å². The number of hydrogen-bond donors (Lipinski definition) is 0. The highest BCUT2D eigenvalue weighted by Gasteiger charge is 2.14. The summed E-state index contributed by atoms with van der Waals surface area (Å²) in [5.41, 5.74) is 3.16. The van der Waals surface area contributed by atoms with Crippen LogP contribution in [0.4, 0.5) is 4.39 Å². The van der Waals surface area contributed by atoms with Crippen LogP contribution in [-0.2, 0) is 5.88 Å². The van der Waals surface area contributed by atoms with Gasteiger partial charge in [0.1, 0.15) is 11.6 Å². The minimum atomic E-state index is -0.306. The number of nitrogens with zero attached hydrogens (tertiary/aromatic N) is 2. The predicted molar refractivity (Wildman–Crippen MR) is 80.3 cm³/mol. The molecule has 0 bridgehead atoms. The predicted octanol–water partition coefficient (Wildman–Crippen LogP) is 4.87. The lowest BCUT2D eigenvalue weighted by atomic mass is 10.2. The first-order valence-electron chi connectivity index (χ1n) is 6.10. The molecule has 0 radical (unpaired) electrons. The lowest BCUT2D eigenvalue weighted by Crippen LogP contribution is -2.02. The average Bonchev–Trinajstić information content (AvgIpc) is 2.79. The second-order valence-electron chi connectivity index (χ2n) is 4.51. The zero-order valence-electron chi connectivity index (χ0n) is 10.7. The molecule has 0 aliphatic heterocycles. The molecule has 0 aliphatic rings. The van der Waals surface area contributed by atoms with Crippen molar-refractivity contribution in [3.05, 3.63) is 58.6 Å². The van der Waals surface area contributed by atoms with Crippen LogP contribution in [0.15, 0.2) is 36.4 Å². The smallest absolute Gasteiger partial charge is 0.129 e. The number of imidazole rings is 1. The van der Waals surface area contributed by atoms with Crippen LogP contribution < -0.4 is 0 Å². The van der Waals surface area contributed by atoms with Gasteiger partial charge < -0.3 is 0 Å². The van der Waals surface area contributed by atoms with Crippen LogP contribution >= 0.6 is 23.2 Å². The molecule has 1 heterocycles. The van der Waals surface area contributed by atoms with Crippen LogP contribution in [0.2, 0.25) is 5.02 Å². The van der Waals surface area contributed by atoms with E-state index in [0.29, 0.717) is 21.9 Å². The Labute approximate surface area is 125 Å². The van der Waals surface area contributed by atoms with Gasteiger partial charge in [-0.15, -0.1) is 11.6 Å². The van der Waals surface area contributed by atoms with E-state index in [9.17, 15) is 4.39 Å². The van der Waals surface area contributed by atoms with Crippen LogP contribution in [0.5, 0.6) is 0 Å². The molecule has 20 heavy (non-hydrogen) atoms. The molecule has 2 aromatic carbocycles. The topological polar surface area (TPSA) is 17.8 Å². The number of hydrogen-bond acceptors (Lipinski definition) is 1. The maximum absolute atomic E-state index is 13.5. The zero-order chi connectivity index (χ0) is 14.3. The van der Waals surface area contributed by atoms with E-state index in [1.54, 1.807) is 6.07 Å². The lowest BCUT2D eigenvalue weighted by molar-refractivity contribution is 0.629. The number of halogens is 3. The van der Waals surface area contributed by atoms with Gasteiger partial charge in [-0.25, -0.2) is 9.37 Å². The van der Waals surface area contributed by atoms with Crippen molar-refractivity contribution < 1.29 is 4.39 Å². The van der Waals surface area contributed by atoms with Crippen molar-refractivity contribution in [1.82, 2.24) is 9.55 Å². The van der Waals surface area contributed by atoms with E-state index in [2.05, 4.69) is 4.98 Å². The van der Waals surface area contributed by atoms with Crippen molar-refractivity contribution in [2.24, 2.45) is 0 Å². The maximum atomic E-state index is 13.5. The molecule has 3 rings (SSSR count). The highest BCUT2D eigenvalue weighted by atomic mass is 35.5. The molecule has 0 N–H and O–H groups in total. The molecular formula is C15H11Cl2FN2. The fraction of sp³-hybridized carbons (Fsp3) is 0.133. The third-order valence-corrected chi connectivity index (χ3v) is 3.93. The molecule has 0 atom stereocenters. The van der Waals surface area contributed by atoms with Crippen molar-refractivity contribution in [3.63, 3.8) is 0 Å². The Kier molecular flexibility index (Phi) is 3.40. The third kappa shape index (κ3) is 2.07. The second-order valence-corrected chi connectivity index (χ2v) is 5.19. The SMILES string of the molecule is Cc1c(Cl)cccc1-n1c(CCl)nc2ccc(F)cc21. The summed E-state index contributed by atoms with van der Waals surface area (Å²) < 4.78 is 15.4. The minimum absolute atomic E-state index is 0.238. The standard InChI is InChI=1S/C15H11Cl2FN2/c1-9-11(17)3-2-4-13(9)20-14-7-10(18)5-6-12(14)19-15(20)8-16/h2-7H,8H2,1H3. The first-order valence-corrected chi connectivity index (χ1v) is 7.01. The Hall–Kier alpha value is -1.58. The van der Waals surface area contributed by atoms with Gasteiger partial charge in [-0.1, -0.05) is 17.7 Å². The molecule has 0 unspecified atom stereocenters. The van der Waals surface area contributed by atoms with E-state index in [1.807, 2.05) is 29.7 Å². The first kappa shape index (κ1) is 13.4. The van der Waals surface area contributed by atoms with Gasteiger partial charge in [-0.3, -0.25) is 4.57 Å². The van der Waals surface area contributed by atoms with Gasteiger partial charge in [0, 0.05) is 11.1 Å². The molecule has 0 fully saturated rings. The number of fused-ring (bicyclic) bond motifs is 1. The first-order chi connectivity index (χ1) is 9.61. The number of benzene rings is 2. The number of alkyl halides is 1. The summed E-state index contributed by atoms with van der Waals surface area (Å²) in [6.07, 6.45) is 0. The Morgan fingerprint density at radius 2 is 2.05 bits per heavy atom. The van der Waals surface area contributed by atoms with Crippen molar-refractivity contribution >= 4 is 34.2 Å².